The van der Waals surface area contributed by atoms with Gasteiger partial charge in [0.25, 0.3) is 10.0 Å². The lowest BCUT2D eigenvalue weighted by atomic mass is 9.71. The molecule has 0 amide bonds. The van der Waals surface area contributed by atoms with E-state index in [4.69, 9.17) is 16.0 Å². The van der Waals surface area contributed by atoms with Crippen LogP contribution in [0.15, 0.2) is 63.9 Å². The van der Waals surface area contributed by atoms with E-state index >= 15 is 0 Å². The molecule has 32 heavy (non-hydrogen) atoms. The molecular formula is C26H26ClNO3S. The fourth-order valence-corrected chi connectivity index (χ4v) is 5.94. The summed E-state index contributed by atoms with van der Waals surface area (Å²) in [5, 5.41) is 3.23. The molecule has 1 heterocycles. The fraction of sp³-hybridized carbons (Fsp3) is 0.308. The van der Waals surface area contributed by atoms with E-state index in [9.17, 15) is 8.42 Å². The molecule has 4 aromatic rings. The molecular weight excluding hydrogens is 442 g/mol. The lowest BCUT2D eigenvalue weighted by molar-refractivity contribution is 0.210. The molecule has 0 aliphatic heterocycles. The number of nitrogens with one attached hydrogen (secondary N) is 1. The Kier molecular flexibility index (Phi) is 5.02. The highest BCUT2D eigenvalue weighted by Crippen LogP contribution is 2.44. The van der Waals surface area contributed by atoms with E-state index in [2.05, 4.69) is 25.5 Å². The normalized spacial score (nSPS) is 16.9. The standard InChI is InChI=1S/C26H26ClNO3S/c1-26(2,3)16-8-13-24-21(14-16)22-15-23(19-6-4-5-7-20(19)25(22)31-24)28-32(29,30)18-11-9-17(27)10-12-18/h4-7,9-12,15-16,28H,8,13-14H2,1-3H3/t16-/m0/s1. The van der Waals surface area contributed by atoms with Crippen molar-refractivity contribution < 1.29 is 12.8 Å². The molecule has 1 N–H and O–H groups in total. The van der Waals surface area contributed by atoms with Gasteiger partial charge < -0.3 is 4.42 Å². The molecule has 6 heteroatoms. The molecule has 1 atom stereocenters. The highest BCUT2D eigenvalue weighted by molar-refractivity contribution is 7.92. The first kappa shape index (κ1) is 21.4. The number of hydrogen-bond donors (Lipinski definition) is 1. The maximum atomic E-state index is 13.1. The van der Waals surface area contributed by atoms with Crippen molar-refractivity contribution in [1.29, 1.82) is 0 Å². The zero-order chi connectivity index (χ0) is 22.7. The van der Waals surface area contributed by atoms with E-state index in [1.54, 1.807) is 12.1 Å². The minimum Gasteiger partial charge on any atom is -0.460 e. The molecule has 0 spiro atoms. The first-order chi connectivity index (χ1) is 15.1. The zero-order valence-corrected chi connectivity index (χ0v) is 20.0. The molecule has 0 saturated heterocycles. The van der Waals surface area contributed by atoms with Crippen molar-refractivity contribution in [3.05, 3.63) is 70.9 Å². The van der Waals surface area contributed by atoms with E-state index in [-0.39, 0.29) is 10.3 Å². The molecule has 0 bridgehead atoms. The lowest BCUT2D eigenvalue weighted by Gasteiger charge is -2.33. The molecule has 1 aliphatic carbocycles. The summed E-state index contributed by atoms with van der Waals surface area (Å²) in [5.74, 6) is 1.58. The summed E-state index contributed by atoms with van der Waals surface area (Å²) in [6.07, 6.45) is 2.95. The Bertz CT molecular complexity index is 1430. The molecule has 3 aromatic carbocycles. The van der Waals surface area contributed by atoms with Crippen molar-refractivity contribution in [3.63, 3.8) is 0 Å². The van der Waals surface area contributed by atoms with Crippen LogP contribution in [0.3, 0.4) is 0 Å². The first-order valence-corrected chi connectivity index (χ1v) is 12.7. The van der Waals surface area contributed by atoms with Gasteiger partial charge in [0.1, 0.15) is 11.3 Å². The summed E-state index contributed by atoms with van der Waals surface area (Å²) < 4.78 is 35.4. The number of anilines is 1. The van der Waals surface area contributed by atoms with Crippen LogP contribution in [0, 0.1) is 11.3 Å². The number of sulfonamides is 1. The van der Waals surface area contributed by atoms with Crippen LogP contribution in [-0.4, -0.2) is 8.42 Å². The summed E-state index contributed by atoms with van der Waals surface area (Å²) in [5.41, 5.74) is 2.82. The Morgan fingerprint density at radius 3 is 2.38 bits per heavy atom. The average Bonchev–Trinajstić information content (AvgIpc) is 3.11. The van der Waals surface area contributed by atoms with Gasteiger partial charge in [-0.1, -0.05) is 56.6 Å². The highest BCUT2D eigenvalue weighted by Gasteiger charge is 2.32. The number of rotatable bonds is 3. The number of fused-ring (bicyclic) bond motifs is 5. The van der Waals surface area contributed by atoms with Gasteiger partial charge in [-0.05, 0) is 54.5 Å². The van der Waals surface area contributed by atoms with Gasteiger partial charge in [0.2, 0.25) is 0 Å². The number of benzene rings is 3. The van der Waals surface area contributed by atoms with E-state index < -0.39 is 10.0 Å². The highest BCUT2D eigenvalue weighted by atomic mass is 35.5. The maximum absolute atomic E-state index is 13.1. The Morgan fingerprint density at radius 1 is 1.00 bits per heavy atom. The third-order valence-corrected chi connectivity index (χ3v) is 8.28. The first-order valence-electron chi connectivity index (χ1n) is 10.9. The minimum absolute atomic E-state index is 0.174. The van der Waals surface area contributed by atoms with Crippen molar-refractivity contribution in [1.82, 2.24) is 0 Å². The number of aryl methyl sites for hydroxylation is 1. The van der Waals surface area contributed by atoms with Gasteiger partial charge in [0.15, 0.2) is 0 Å². The Hall–Kier alpha value is -2.50. The molecule has 0 saturated carbocycles. The van der Waals surface area contributed by atoms with Gasteiger partial charge in [0, 0.05) is 33.2 Å². The van der Waals surface area contributed by atoms with E-state index in [1.807, 2.05) is 30.3 Å². The second kappa shape index (κ2) is 7.53. The number of halogens is 1. The third kappa shape index (κ3) is 3.67. The predicted octanol–water partition coefficient (Wildman–Crippen LogP) is 7.19. The lowest BCUT2D eigenvalue weighted by Crippen LogP contribution is -2.26. The number of hydrogen-bond acceptors (Lipinski definition) is 3. The van der Waals surface area contributed by atoms with Crippen LogP contribution >= 0.6 is 11.6 Å². The zero-order valence-electron chi connectivity index (χ0n) is 18.4. The maximum Gasteiger partial charge on any atom is 0.261 e. The summed E-state index contributed by atoms with van der Waals surface area (Å²) >= 11 is 5.94. The smallest absolute Gasteiger partial charge is 0.261 e. The third-order valence-electron chi connectivity index (χ3n) is 6.65. The van der Waals surface area contributed by atoms with Crippen molar-refractivity contribution >= 4 is 49.1 Å². The molecule has 1 aliphatic rings. The van der Waals surface area contributed by atoms with Crippen LogP contribution in [-0.2, 0) is 22.9 Å². The minimum atomic E-state index is -3.77. The van der Waals surface area contributed by atoms with Gasteiger partial charge in [-0.25, -0.2) is 8.42 Å². The van der Waals surface area contributed by atoms with Crippen LogP contribution in [0.25, 0.3) is 21.7 Å². The SMILES string of the molecule is CC(C)(C)[C@H]1CCc2oc3c(cc(NS(=O)(=O)c4ccc(Cl)cc4)c4ccccc43)c2C1. The molecule has 0 radical (unpaired) electrons. The van der Waals surface area contributed by atoms with Gasteiger partial charge >= 0.3 is 0 Å². The van der Waals surface area contributed by atoms with Crippen LogP contribution < -0.4 is 4.72 Å². The molecule has 5 rings (SSSR count). The Balaban J connectivity index is 1.67. The van der Waals surface area contributed by atoms with Gasteiger partial charge in [-0.2, -0.15) is 0 Å². The van der Waals surface area contributed by atoms with E-state index in [0.717, 1.165) is 46.8 Å². The summed E-state index contributed by atoms with van der Waals surface area (Å²) in [6.45, 7) is 6.85. The van der Waals surface area contributed by atoms with Crippen molar-refractivity contribution in [2.45, 2.75) is 44.9 Å². The topological polar surface area (TPSA) is 59.3 Å². The van der Waals surface area contributed by atoms with E-state index in [1.165, 1.54) is 17.7 Å². The Labute approximate surface area is 193 Å². The van der Waals surface area contributed by atoms with Gasteiger partial charge in [-0.3, -0.25) is 4.72 Å². The van der Waals surface area contributed by atoms with Crippen LogP contribution in [0.1, 0.15) is 38.5 Å². The van der Waals surface area contributed by atoms with E-state index in [0.29, 0.717) is 16.6 Å². The van der Waals surface area contributed by atoms with Crippen molar-refractivity contribution in [2.75, 3.05) is 4.72 Å². The second-order valence-electron chi connectivity index (χ2n) is 9.72. The van der Waals surface area contributed by atoms with Crippen LogP contribution in [0.4, 0.5) is 5.69 Å². The summed E-state index contributed by atoms with van der Waals surface area (Å²) in [6, 6.07) is 15.9. The monoisotopic (exact) mass is 467 g/mol. The van der Waals surface area contributed by atoms with Crippen LogP contribution in [0.5, 0.6) is 0 Å². The molecule has 4 nitrogen and oxygen atoms in total. The quantitative estimate of drug-likeness (QED) is 0.346. The van der Waals surface area contributed by atoms with Crippen molar-refractivity contribution in [2.24, 2.45) is 11.3 Å². The molecule has 0 unspecified atom stereocenters. The van der Waals surface area contributed by atoms with Gasteiger partial charge in [-0.15, -0.1) is 0 Å². The van der Waals surface area contributed by atoms with Crippen molar-refractivity contribution in [3.8, 4) is 0 Å². The summed E-state index contributed by atoms with van der Waals surface area (Å²) in [7, 11) is -3.77. The predicted molar refractivity (Wildman–Crippen MR) is 131 cm³/mol. The largest absolute Gasteiger partial charge is 0.460 e. The van der Waals surface area contributed by atoms with Gasteiger partial charge in [0.05, 0.1) is 10.6 Å². The molecule has 0 fully saturated rings. The van der Waals surface area contributed by atoms with Crippen LogP contribution in [0.2, 0.25) is 5.02 Å². The number of furan rings is 1. The molecule has 166 valence electrons. The molecule has 1 aromatic heterocycles. The fourth-order valence-electron chi connectivity index (χ4n) is 4.74. The second-order valence-corrected chi connectivity index (χ2v) is 11.8. The average molecular weight is 468 g/mol. The summed E-state index contributed by atoms with van der Waals surface area (Å²) in [4.78, 5) is 0.174. The Morgan fingerprint density at radius 2 is 1.69 bits per heavy atom.